The van der Waals surface area contributed by atoms with Crippen molar-refractivity contribution in [3.05, 3.63) is 64.5 Å². The molecule has 1 aliphatic rings. The SMILES string of the molecule is Cn1c(=O)n(C2CCC(=O)NC2=O)c2cccc(CCCn3cc(-c4cnc(N)c(C(N)=O)c4)cn3)c21. The Hall–Kier alpha value is -4.74. The molecule has 3 aromatic heterocycles. The molecule has 12 heteroatoms. The second-order valence-corrected chi connectivity index (χ2v) is 9.08. The Balaban J connectivity index is 1.34. The molecule has 190 valence electrons. The maximum atomic E-state index is 13.1. The number of fused-ring (bicyclic) bond motifs is 1. The number of aryl methyl sites for hydroxylation is 3. The van der Waals surface area contributed by atoms with Crippen molar-refractivity contribution in [3.63, 3.8) is 0 Å². The molecule has 0 spiro atoms. The molecule has 1 aliphatic heterocycles. The highest BCUT2D eigenvalue weighted by atomic mass is 16.2. The normalized spacial score (nSPS) is 15.8. The van der Waals surface area contributed by atoms with Crippen molar-refractivity contribution < 1.29 is 14.4 Å². The molecule has 3 amide bonds. The minimum absolute atomic E-state index is 0.0821. The van der Waals surface area contributed by atoms with Gasteiger partial charge in [-0.1, -0.05) is 12.1 Å². The number of hydrogen-bond acceptors (Lipinski definition) is 7. The minimum atomic E-state index is -0.718. The number of rotatable bonds is 7. The summed E-state index contributed by atoms with van der Waals surface area (Å²) in [5.74, 6) is -1.34. The number of imide groups is 1. The number of amides is 3. The number of nitrogens with zero attached hydrogens (tertiary/aromatic N) is 5. The Kier molecular flexibility index (Phi) is 6.07. The molecule has 1 aromatic carbocycles. The van der Waals surface area contributed by atoms with Crippen LogP contribution in [0, 0.1) is 0 Å². The molecule has 0 bridgehead atoms. The summed E-state index contributed by atoms with van der Waals surface area (Å²) in [5, 5.41) is 6.74. The van der Waals surface area contributed by atoms with Crippen LogP contribution < -0.4 is 22.5 Å². The van der Waals surface area contributed by atoms with Gasteiger partial charge in [-0.2, -0.15) is 5.10 Å². The van der Waals surface area contributed by atoms with Gasteiger partial charge in [-0.25, -0.2) is 9.78 Å². The average molecular weight is 503 g/mol. The molecule has 1 atom stereocenters. The Morgan fingerprint density at radius 3 is 2.76 bits per heavy atom. The highest BCUT2D eigenvalue weighted by Gasteiger charge is 2.31. The van der Waals surface area contributed by atoms with Crippen molar-refractivity contribution in [2.24, 2.45) is 12.8 Å². The number of nitrogens with one attached hydrogen (secondary N) is 1. The number of para-hydroxylation sites is 1. The number of pyridine rings is 1. The van der Waals surface area contributed by atoms with Crippen molar-refractivity contribution in [2.45, 2.75) is 38.3 Å². The van der Waals surface area contributed by atoms with Crippen molar-refractivity contribution in [2.75, 3.05) is 5.73 Å². The van der Waals surface area contributed by atoms with Crippen LogP contribution in [0.2, 0.25) is 0 Å². The van der Waals surface area contributed by atoms with Crippen LogP contribution in [-0.2, 0) is 29.6 Å². The molecule has 1 unspecified atom stereocenters. The molecule has 0 radical (unpaired) electrons. The fourth-order valence-electron chi connectivity index (χ4n) is 4.85. The second kappa shape index (κ2) is 9.37. The van der Waals surface area contributed by atoms with Crippen molar-refractivity contribution in [3.8, 4) is 11.1 Å². The third kappa shape index (κ3) is 4.37. The van der Waals surface area contributed by atoms with Gasteiger partial charge in [0.15, 0.2) is 0 Å². The standard InChI is InChI=1S/C25H26N8O4/c1-31-21-14(4-2-6-18(21)33(25(31)37)19-7-8-20(34)30-24(19)36)5-3-9-32-13-16(12-29-32)15-10-17(23(27)35)22(26)28-11-15/h2,4,6,10-13,19H,3,5,7-9H2,1H3,(H2,26,28)(H2,27,35)(H,30,34,36). The summed E-state index contributed by atoms with van der Waals surface area (Å²) in [6.45, 7) is 0.614. The molecule has 0 aliphatic carbocycles. The molecule has 5 rings (SSSR count). The maximum absolute atomic E-state index is 13.1. The van der Waals surface area contributed by atoms with E-state index in [0.29, 0.717) is 30.5 Å². The summed E-state index contributed by atoms with van der Waals surface area (Å²) < 4.78 is 4.84. The monoisotopic (exact) mass is 502 g/mol. The molecule has 37 heavy (non-hydrogen) atoms. The van der Waals surface area contributed by atoms with E-state index >= 15 is 0 Å². The second-order valence-electron chi connectivity index (χ2n) is 9.08. The number of primary amides is 1. The van der Waals surface area contributed by atoms with E-state index in [1.54, 1.807) is 34.8 Å². The Morgan fingerprint density at radius 1 is 1.19 bits per heavy atom. The number of piperidine rings is 1. The van der Waals surface area contributed by atoms with Crippen LogP contribution in [0.5, 0.6) is 0 Å². The zero-order valence-corrected chi connectivity index (χ0v) is 20.2. The number of anilines is 1. The number of carbonyl (C=O) groups excluding carboxylic acids is 3. The van der Waals surface area contributed by atoms with Crippen LogP contribution in [-0.4, -0.2) is 41.6 Å². The van der Waals surface area contributed by atoms with Gasteiger partial charge in [0.25, 0.3) is 5.91 Å². The van der Waals surface area contributed by atoms with E-state index < -0.39 is 17.9 Å². The highest BCUT2D eigenvalue weighted by molar-refractivity contribution is 6.00. The van der Waals surface area contributed by atoms with Crippen molar-refractivity contribution in [1.29, 1.82) is 0 Å². The maximum Gasteiger partial charge on any atom is 0.329 e. The molecule has 1 fully saturated rings. The van der Waals surface area contributed by atoms with E-state index in [4.69, 9.17) is 11.5 Å². The molecule has 12 nitrogen and oxygen atoms in total. The molecule has 4 heterocycles. The Labute approximate surface area is 210 Å². The molecular formula is C25H26N8O4. The largest absolute Gasteiger partial charge is 0.383 e. The Morgan fingerprint density at radius 2 is 2.00 bits per heavy atom. The number of benzene rings is 1. The summed E-state index contributed by atoms with van der Waals surface area (Å²) in [5.41, 5.74) is 14.8. The first-order chi connectivity index (χ1) is 17.7. The molecule has 4 aromatic rings. The van der Waals surface area contributed by atoms with Gasteiger partial charge in [0.2, 0.25) is 11.8 Å². The van der Waals surface area contributed by atoms with Gasteiger partial charge >= 0.3 is 5.69 Å². The highest BCUT2D eigenvalue weighted by Crippen LogP contribution is 2.26. The minimum Gasteiger partial charge on any atom is -0.383 e. The topological polar surface area (TPSA) is 173 Å². The lowest BCUT2D eigenvalue weighted by Gasteiger charge is -2.21. The summed E-state index contributed by atoms with van der Waals surface area (Å²) in [6, 6.07) is 6.54. The predicted octanol–water partition coefficient (Wildman–Crippen LogP) is 0.890. The average Bonchev–Trinajstić information content (AvgIpc) is 3.43. The number of hydrogen-bond donors (Lipinski definition) is 3. The lowest BCUT2D eigenvalue weighted by Crippen LogP contribution is -2.44. The van der Waals surface area contributed by atoms with Crippen LogP contribution in [0.25, 0.3) is 22.2 Å². The van der Waals surface area contributed by atoms with E-state index in [1.807, 2.05) is 24.4 Å². The van der Waals surface area contributed by atoms with E-state index in [9.17, 15) is 19.2 Å². The van der Waals surface area contributed by atoms with Crippen LogP contribution in [0.15, 0.2) is 47.7 Å². The zero-order chi connectivity index (χ0) is 26.3. The predicted molar refractivity (Wildman–Crippen MR) is 135 cm³/mol. The number of aromatic nitrogens is 5. The van der Waals surface area contributed by atoms with Gasteiger partial charge in [-0.15, -0.1) is 0 Å². The lowest BCUT2D eigenvalue weighted by molar-refractivity contribution is -0.135. The molecule has 0 saturated carbocycles. The van der Waals surface area contributed by atoms with E-state index in [0.717, 1.165) is 23.1 Å². The first-order valence-corrected chi connectivity index (χ1v) is 11.8. The lowest BCUT2D eigenvalue weighted by atomic mass is 10.0. The molecular weight excluding hydrogens is 476 g/mol. The summed E-state index contributed by atoms with van der Waals surface area (Å²) in [7, 11) is 1.69. The third-order valence-corrected chi connectivity index (χ3v) is 6.69. The molecule has 5 N–H and O–H groups in total. The number of nitrogen functional groups attached to an aromatic ring is 1. The molecule has 1 saturated heterocycles. The van der Waals surface area contributed by atoms with Crippen LogP contribution in [0.4, 0.5) is 5.82 Å². The van der Waals surface area contributed by atoms with Crippen LogP contribution in [0.1, 0.15) is 41.2 Å². The van der Waals surface area contributed by atoms with E-state index in [-0.39, 0.29) is 29.4 Å². The van der Waals surface area contributed by atoms with Gasteiger partial charge in [0, 0.05) is 43.5 Å². The third-order valence-electron chi connectivity index (χ3n) is 6.69. The smallest absolute Gasteiger partial charge is 0.329 e. The summed E-state index contributed by atoms with van der Waals surface area (Å²) >= 11 is 0. The van der Waals surface area contributed by atoms with Crippen LogP contribution >= 0.6 is 0 Å². The zero-order valence-electron chi connectivity index (χ0n) is 20.2. The summed E-state index contributed by atoms with van der Waals surface area (Å²) in [6.07, 6.45) is 7.01. The van der Waals surface area contributed by atoms with Gasteiger partial charge in [0.1, 0.15) is 11.9 Å². The fourth-order valence-corrected chi connectivity index (χ4v) is 4.85. The number of carbonyl (C=O) groups is 3. The van der Waals surface area contributed by atoms with Gasteiger partial charge in [-0.3, -0.25) is 33.5 Å². The first kappa shape index (κ1) is 24.0. The van der Waals surface area contributed by atoms with Gasteiger partial charge in [-0.05, 0) is 37.0 Å². The fraction of sp³-hybridized carbons (Fsp3) is 0.280. The quantitative estimate of drug-likeness (QED) is 0.315. The van der Waals surface area contributed by atoms with Crippen molar-refractivity contribution in [1.82, 2.24) is 29.2 Å². The van der Waals surface area contributed by atoms with E-state index in [2.05, 4.69) is 15.4 Å². The number of imidazole rings is 1. The van der Waals surface area contributed by atoms with Gasteiger partial charge < -0.3 is 11.5 Å². The Bertz CT molecular complexity index is 1610. The number of nitrogens with two attached hydrogens (primary N) is 2. The van der Waals surface area contributed by atoms with Crippen LogP contribution in [0.3, 0.4) is 0 Å². The van der Waals surface area contributed by atoms with E-state index in [1.165, 1.54) is 4.57 Å². The summed E-state index contributed by atoms with van der Waals surface area (Å²) in [4.78, 5) is 52.7. The van der Waals surface area contributed by atoms with Gasteiger partial charge in [0.05, 0.1) is 22.8 Å². The first-order valence-electron chi connectivity index (χ1n) is 11.8. The van der Waals surface area contributed by atoms with Crippen molar-refractivity contribution >= 4 is 34.6 Å².